The van der Waals surface area contributed by atoms with Crippen LogP contribution in [0.25, 0.3) is 0 Å². The fraction of sp³-hybridized carbons (Fsp3) is 0.533. The maximum absolute atomic E-state index is 12.2. The van der Waals surface area contributed by atoms with Crippen molar-refractivity contribution >= 4 is 5.78 Å². The summed E-state index contributed by atoms with van der Waals surface area (Å²) in [7, 11) is 1.60. The van der Waals surface area contributed by atoms with Crippen LogP contribution in [0, 0.1) is 13.8 Å². The molecular weight excluding hydrogens is 226 g/mol. The molecule has 0 spiro atoms. The highest BCUT2D eigenvalue weighted by molar-refractivity contribution is 5.99. The van der Waals surface area contributed by atoms with Crippen LogP contribution in [0.3, 0.4) is 0 Å². The molecule has 0 saturated heterocycles. The van der Waals surface area contributed by atoms with Gasteiger partial charge in [0.05, 0.1) is 12.7 Å². The van der Waals surface area contributed by atoms with E-state index < -0.39 is 0 Å². The first-order chi connectivity index (χ1) is 8.26. The molecule has 100 valence electrons. The molecule has 3 nitrogen and oxygen atoms in total. The molecule has 0 radical (unpaired) electrons. The van der Waals surface area contributed by atoms with Gasteiger partial charge in [0, 0.05) is 12.0 Å². The van der Waals surface area contributed by atoms with Gasteiger partial charge in [-0.05, 0) is 51.3 Å². The third kappa shape index (κ3) is 3.57. The smallest absolute Gasteiger partial charge is 0.166 e. The lowest BCUT2D eigenvalue weighted by Gasteiger charge is -2.18. The zero-order chi connectivity index (χ0) is 13.9. The van der Waals surface area contributed by atoms with Crippen molar-refractivity contribution in [3.05, 3.63) is 28.8 Å². The Balaban J connectivity index is 2.96. The molecule has 3 heteroatoms. The minimum absolute atomic E-state index is 0.0912. The summed E-state index contributed by atoms with van der Waals surface area (Å²) in [6.07, 6.45) is 1.12. The molecule has 0 fully saturated rings. The van der Waals surface area contributed by atoms with Crippen LogP contribution in [0.2, 0.25) is 0 Å². The fourth-order valence-electron chi connectivity index (χ4n) is 1.84. The highest BCUT2D eigenvalue weighted by atomic mass is 16.5. The molecule has 0 aliphatic rings. The van der Waals surface area contributed by atoms with Gasteiger partial charge in [-0.1, -0.05) is 6.07 Å². The van der Waals surface area contributed by atoms with Crippen LogP contribution >= 0.6 is 0 Å². The number of ether oxygens (including phenoxy) is 1. The molecule has 1 aromatic rings. The van der Waals surface area contributed by atoms with Crippen molar-refractivity contribution in [2.24, 2.45) is 5.73 Å². The fourth-order valence-corrected chi connectivity index (χ4v) is 1.84. The topological polar surface area (TPSA) is 52.3 Å². The lowest BCUT2D eigenvalue weighted by molar-refractivity contribution is 0.0969. The lowest BCUT2D eigenvalue weighted by Crippen LogP contribution is -2.32. The number of hydrogen-bond donors (Lipinski definition) is 1. The Kier molecular flexibility index (Phi) is 4.52. The van der Waals surface area contributed by atoms with Gasteiger partial charge in [0.2, 0.25) is 0 Å². The summed E-state index contributed by atoms with van der Waals surface area (Å²) in [5.74, 6) is 0.781. The number of aryl methyl sites for hydroxylation is 1. The number of hydrogen-bond acceptors (Lipinski definition) is 3. The largest absolute Gasteiger partial charge is 0.496 e. The second kappa shape index (κ2) is 5.53. The quantitative estimate of drug-likeness (QED) is 0.816. The van der Waals surface area contributed by atoms with E-state index in [1.165, 1.54) is 0 Å². The van der Waals surface area contributed by atoms with Gasteiger partial charge in [-0.3, -0.25) is 4.79 Å². The van der Waals surface area contributed by atoms with Crippen LogP contribution in [0.1, 0.15) is 48.2 Å². The first-order valence-electron chi connectivity index (χ1n) is 6.22. The van der Waals surface area contributed by atoms with Gasteiger partial charge < -0.3 is 10.5 Å². The Labute approximate surface area is 109 Å². The van der Waals surface area contributed by atoms with Crippen molar-refractivity contribution in [1.82, 2.24) is 0 Å². The van der Waals surface area contributed by atoms with Gasteiger partial charge in [-0.2, -0.15) is 0 Å². The predicted octanol–water partition coefficient (Wildman–Crippen LogP) is 3.01. The van der Waals surface area contributed by atoms with Gasteiger partial charge in [-0.15, -0.1) is 0 Å². The molecular formula is C15H23NO2. The van der Waals surface area contributed by atoms with Gasteiger partial charge >= 0.3 is 0 Å². The SMILES string of the molecule is COc1c(C(=O)CCC(C)(C)N)ccc(C)c1C. The average Bonchev–Trinajstić information content (AvgIpc) is 2.28. The molecule has 0 saturated carbocycles. The van der Waals surface area contributed by atoms with Crippen LogP contribution in [0.4, 0.5) is 0 Å². The number of rotatable bonds is 5. The molecule has 2 N–H and O–H groups in total. The van der Waals surface area contributed by atoms with Crippen LogP contribution < -0.4 is 10.5 Å². The first kappa shape index (κ1) is 14.7. The summed E-state index contributed by atoms with van der Waals surface area (Å²) in [4.78, 5) is 12.2. The molecule has 0 amide bonds. The number of carbonyl (C=O) groups is 1. The summed E-state index contributed by atoms with van der Waals surface area (Å²) in [6, 6.07) is 3.80. The van der Waals surface area contributed by atoms with Gasteiger partial charge in [0.25, 0.3) is 0 Å². The maximum Gasteiger partial charge on any atom is 0.166 e. The molecule has 0 atom stereocenters. The van der Waals surface area contributed by atoms with Crippen LogP contribution in [-0.4, -0.2) is 18.4 Å². The summed E-state index contributed by atoms with van der Waals surface area (Å²) in [6.45, 7) is 7.84. The third-order valence-corrected chi connectivity index (χ3v) is 3.18. The average molecular weight is 249 g/mol. The van der Waals surface area contributed by atoms with E-state index in [9.17, 15) is 4.79 Å². The standard InChI is InChI=1S/C15H23NO2/c1-10-6-7-12(14(18-5)11(10)2)13(17)8-9-15(3,4)16/h6-7H,8-9,16H2,1-5H3. The second-order valence-electron chi connectivity index (χ2n) is 5.50. The maximum atomic E-state index is 12.2. The third-order valence-electron chi connectivity index (χ3n) is 3.18. The van der Waals surface area contributed by atoms with E-state index in [1.807, 2.05) is 39.8 Å². The summed E-state index contributed by atoms with van der Waals surface area (Å²) in [5, 5.41) is 0. The molecule has 0 bridgehead atoms. The normalized spacial score (nSPS) is 11.4. The van der Waals surface area contributed by atoms with E-state index in [0.29, 0.717) is 24.2 Å². The Morgan fingerprint density at radius 1 is 1.33 bits per heavy atom. The molecule has 1 rings (SSSR count). The van der Waals surface area contributed by atoms with Crippen molar-refractivity contribution in [3.8, 4) is 5.75 Å². The molecule has 0 aromatic heterocycles. The van der Waals surface area contributed by atoms with E-state index in [2.05, 4.69) is 0 Å². The summed E-state index contributed by atoms with van der Waals surface area (Å²) in [5.41, 5.74) is 8.39. The van der Waals surface area contributed by atoms with Crippen LogP contribution in [-0.2, 0) is 0 Å². The second-order valence-corrected chi connectivity index (χ2v) is 5.50. The minimum Gasteiger partial charge on any atom is -0.496 e. The Hall–Kier alpha value is -1.35. The van der Waals surface area contributed by atoms with Gasteiger partial charge in [-0.25, -0.2) is 0 Å². The van der Waals surface area contributed by atoms with Crippen LogP contribution in [0.5, 0.6) is 5.75 Å². The number of benzene rings is 1. The molecule has 0 aliphatic carbocycles. The molecule has 0 aliphatic heterocycles. The summed E-state index contributed by atoms with van der Waals surface area (Å²) >= 11 is 0. The Morgan fingerprint density at radius 2 is 1.94 bits per heavy atom. The van der Waals surface area contributed by atoms with Crippen molar-refractivity contribution in [1.29, 1.82) is 0 Å². The van der Waals surface area contributed by atoms with Gasteiger partial charge in [0.15, 0.2) is 5.78 Å². The molecule has 0 heterocycles. The van der Waals surface area contributed by atoms with Crippen molar-refractivity contribution in [2.75, 3.05) is 7.11 Å². The molecule has 1 aromatic carbocycles. The van der Waals surface area contributed by atoms with Crippen molar-refractivity contribution in [3.63, 3.8) is 0 Å². The number of methoxy groups -OCH3 is 1. The monoisotopic (exact) mass is 249 g/mol. The first-order valence-corrected chi connectivity index (χ1v) is 6.22. The zero-order valence-electron chi connectivity index (χ0n) is 12.0. The van der Waals surface area contributed by atoms with Crippen molar-refractivity contribution < 1.29 is 9.53 Å². The van der Waals surface area contributed by atoms with Gasteiger partial charge in [0.1, 0.15) is 5.75 Å². The highest BCUT2D eigenvalue weighted by Gasteiger charge is 2.18. The Bertz CT molecular complexity index is 445. The van der Waals surface area contributed by atoms with Crippen molar-refractivity contribution in [2.45, 2.75) is 46.1 Å². The number of ketones is 1. The van der Waals surface area contributed by atoms with E-state index >= 15 is 0 Å². The zero-order valence-corrected chi connectivity index (χ0v) is 12.0. The van der Waals surface area contributed by atoms with Crippen LogP contribution in [0.15, 0.2) is 12.1 Å². The van der Waals surface area contributed by atoms with E-state index in [-0.39, 0.29) is 11.3 Å². The lowest BCUT2D eigenvalue weighted by atomic mass is 9.94. The molecule has 0 unspecified atom stereocenters. The minimum atomic E-state index is -0.317. The molecule has 18 heavy (non-hydrogen) atoms. The number of carbonyl (C=O) groups excluding carboxylic acids is 1. The Morgan fingerprint density at radius 3 is 2.44 bits per heavy atom. The van der Waals surface area contributed by atoms with E-state index in [1.54, 1.807) is 7.11 Å². The number of nitrogens with two attached hydrogens (primary N) is 1. The summed E-state index contributed by atoms with van der Waals surface area (Å²) < 4.78 is 5.36. The predicted molar refractivity (Wildman–Crippen MR) is 74.3 cm³/mol. The number of Topliss-reactive ketones (excluding diaryl/α,β-unsaturated/α-hetero) is 1. The highest BCUT2D eigenvalue weighted by Crippen LogP contribution is 2.27. The van der Waals surface area contributed by atoms with E-state index in [0.717, 1.165) is 11.1 Å². The van der Waals surface area contributed by atoms with E-state index in [4.69, 9.17) is 10.5 Å².